The molecule has 0 saturated carbocycles. The van der Waals surface area contributed by atoms with Gasteiger partial charge in [0.2, 0.25) is 5.88 Å². The van der Waals surface area contributed by atoms with Crippen molar-refractivity contribution in [3.63, 3.8) is 0 Å². The molecule has 0 aliphatic rings. The number of aromatic nitrogens is 1. The first kappa shape index (κ1) is 20.6. The predicted octanol–water partition coefficient (Wildman–Crippen LogP) is 2.38. The minimum atomic E-state index is -0.607. The Morgan fingerprint density at radius 1 is 0.933 bits per heavy atom. The monoisotopic (exact) mass is 408 g/mol. The van der Waals surface area contributed by atoms with Crippen molar-refractivity contribution in [2.45, 2.75) is 0 Å². The van der Waals surface area contributed by atoms with Crippen LogP contribution in [0.25, 0.3) is 0 Å². The first-order valence-corrected chi connectivity index (χ1v) is 9.01. The number of hydrogen-bond acceptors (Lipinski definition) is 7. The molecule has 2 amide bonds. The normalized spacial score (nSPS) is 10.2. The van der Waals surface area contributed by atoms with E-state index in [1.807, 2.05) is 0 Å². The molecule has 1 heterocycles. The third kappa shape index (κ3) is 5.69. The Hall–Kier alpha value is -4.11. The molecule has 0 aliphatic carbocycles. The van der Waals surface area contributed by atoms with E-state index < -0.39 is 5.91 Å². The summed E-state index contributed by atoms with van der Waals surface area (Å²) >= 11 is 0. The van der Waals surface area contributed by atoms with Crippen LogP contribution in [0.3, 0.4) is 0 Å². The molecule has 0 fully saturated rings. The number of carbonyl (C=O) groups is 2. The summed E-state index contributed by atoms with van der Waals surface area (Å²) in [6.45, 7) is 0.474. The van der Waals surface area contributed by atoms with E-state index in [9.17, 15) is 9.59 Å². The van der Waals surface area contributed by atoms with Gasteiger partial charge in [0.1, 0.15) is 23.8 Å². The van der Waals surface area contributed by atoms with Gasteiger partial charge >= 0.3 is 0 Å². The number of amides is 2. The number of carbonyl (C=O) groups excluding carboxylic acids is 2. The SMILES string of the molecule is Nc1ccc(Oc2cccc(C(=O)NCCOc3ccc(C(=O)NO)cc3)n2)cc1. The molecule has 0 unspecified atom stereocenters. The van der Waals surface area contributed by atoms with Crippen molar-refractivity contribution in [3.8, 4) is 17.4 Å². The maximum absolute atomic E-state index is 12.3. The van der Waals surface area contributed by atoms with Gasteiger partial charge in [-0.2, -0.15) is 0 Å². The number of pyridine rings is 1. The molecule has 9 nitrogen and oxygen atoms in total. The molecule has 3 aromatic rings. The number of benzene rings is 2. The molecule has 0 saturated heterocycles. The summed E-state index contributed by atoms with van der Waals surface area (Å²) in [5, 5.41) is 11.3. The summed E-state index contributed by atoms with van der Waals surface area (Å²) in [5.74, 6) is 0.400. The number of ether oxygens (including phenoxy) is 2. The number of nitrogens with two attached hydrogens (primary N) is 1. The van der Waals surface area contributed by atoms with Gasteiger partial charge in [-0.05, 0) is 54.6 Å². The number of hydroxylamine groups is 1. The van der Waals surface area contributed by atoms with Crippen LogP contribution in [0, 0.1) is 0 Å². The van der Waals surface area contributed by atoms with Crippen LogP contribution in [0.15, 0.2) is 66.7 Å². The van der Waals surface area contributed by atoms with E-state index in [1.165, 1.54) is 12.1 Å². The largest absolute Gasteiger partial charge is 0.492 e. The smallest absolute Gasteiger partial charge is 0.274 e. The fourth-order valence-electron chi connectivity index (χ4n) is 2.45. The molecule has 0 atom stereocenters. The van der Waals surface area contributed by atoms with Gasteiger partial charge in [0, 0.05) is 17.3 Å². The summed E-state index contributed by atoms with van der Waals surface area (Å²) in [6.07, 6.45) is 0. The average molecular weight is 408 g/mol. The van der Waals surface area contributed by atoms with E-state index in [0.29, 0.717) is 22.7 Å². The predicted molar refractivity (Wildman–Crippen MR) is 109 cm³/mol. The summed E-state index contributed by atoms with van der Waals surface area (Å²) in [5.41, 5.74) is 8.33. The molecule has 0 radical (unpaired) electrons. The molecule has 1 aromatic heterocycles. The van der Waals surface area contributed by atoms with Crippen molar-refractivity contribution >= 4 is 17.5 Å². The van der Waals surface area contributed by atoms with Gasteiger partial charge in [-0.15, -0.1) is 0 Å². The van der Waals surface area contributed by atoms with Crippen molar-refractivity contribution in [1.82, 2.24) is 15.8 Å². The highest BCUT2D eigenvalue weighted by Crippen LogP contribution is 2.20. The van der Waals surface area contributed by atoms with E-state index in [2.05, 4.69) is 10.3 Å². The van der Waals surface area contributed by atoms with Crippen LogP contribution in [-0.4, -0.2) is 35.2 Å². The van der Waals surface area contributed by atoms with E-state index in [4.69, 9.17) is 20.4 Å². The van der Waals surface area contributed by atoms with Crippen molar-refractivity contribution < 1.29 is 24.3 Å². The maximum atomic E-state index is 12.3. The third-order valence-electron chi connectivity index (χ3n) is 3.93. The van der Waals surface area contributed by atoms with Gasteiger partial charge in [0.05, 0.1) is 6.54 Å². The number of nitrogens with zero attached hydrogens (tertiary/aromatic N) is 1. The Morgan fingerprint density at radius 3 is 2.33 bits per heavy atom. The Balaban J connectivity index is 1.48. The highest BCUT2D eigenvalue weighted by molar-refractivity contribution is 5.93. The van der Waals surface area contributed by atoms with Crippen LogP contribution in [0.2, 0.25) is 0 Å². The van der Waals surface area contributed by atoms with E-state index in [0.717, 1.165) is 0 Å². The fourth-order valence-corrected chi connectivity index (χ4v) is 2.45. The molecule has 9 heteroatoms. The standard InChI is InChI=1S/C21H20N4O5/c22-15-6-10-17(11-7-15)30-19-3-1-2-18(24-19)21(27)23-12-13-29-16-8-4-14(5-9-16)20(26)25-28/h1-11,28H,12-13,22H2,(H,23,27)(H,25,26). The van der Waals surface area contributed by atoms with Gasteiger partial charge in [0.15, 0.2) is 0 Å². The summed E-state index contributed by atoms with van der Waals surface area (Å²) in [4.78, 5) is 27.8. The molecule has 0 bridgehead atoms. The Labute approximate surface area is 172 Å². The number of hydrogen-bond donors (Lipinski definition) is 4. The number of rotatable bonds is 8. The van der Waals surface area contributed by atoms with Gasteiger partial charge in [-0.25, -0.2) is 10.5 Å². The summed E-state index contributed by atoms with van der Waals surface area (Å²) in [6, 6.07) is 17.9. The number of nitrogens with one attached hydrogen (secondary N) is 2. The van der Waals surface area contributed by atoms with Crippen molar-refractivity contribution in [3.05, 3.63) is 78.0 Å². The zero-order valence-corrected chi connectivity index (χ0v) is 15.9. The minimum absolute atomic E-state index is 0.210. The second-order valence-electron chi connectivity index (χ2n) is 6.10. The number of anilines is 1. The van der Waals surface area contributed by atoms with Crippen LogP contribution in [0.1, 0.15) is 20.8 Å². The fraction of sp³-hybridized carbons (Fsp3) is 0.0952. The lowest BCUT2D eigenvalue weighted by Crippen LogP contribution is -2.28. The Bertz CT molecular complexity index is 1010. The molecule has 0 spiro atoms. The van der Waals surface area contributed by atoms with Gasteiger partial charge < -0.3 is 20.5 Å². The molecule has 2 aromatic carbocycles. The van der Waals surface area contributed by atoms with Crippen LogP contribution >= 0.6 is 0 Å². The highest BCUT2D eigenvalue weighted by atomic mass is 16.5. The lowest BCUT2D eigenvalue weighted by Gasteiger charge is -2.09. The third-order valence-corrected chi connectivity index (χ3v) is 3.93. The maximum Gasteiger partial charge on any atom is 0.274 e. The lowest BCUT2D eigenvalue weighted by molar-refractivity contribution is 0.0706. The topological polar surface area (TPSA) is 136 Å². The molecular formula is C21H20N4O5. The lowest BCUT2D eigenvalue weighted by atomic mass is 10.2. The van der Waals surface area contributed by atoms with Crippen molar-refractivity contribution in [2.75, 3.05) is 18.9 Å². The van der Waals surface area contributed by atoms with Crippen LogP contribution < -0.4 is 26.0 Å². The van der Waals surface area contributed by atoms with Crippen LogP contribution in [-0.2, 0) is 0 Å². The van der Waals surface area contributed by atoms with E-state index >= 15 is 0 Å². The summed E-state index contributed by atoms with van der Waals surface area (Å²) in [7, 11) is 0. The summed E-state index contributed by atoms with van der Waals surface area (Å²) < 4.78 is 11.1. The van der Waals surface area contributed by atoms with Crippen LogP contribution in [0.4, 0.5) is 5.69 Å². The molecular weight excluding hydrogens is 388 g/mol. The zero-order valence-electron chi connectivity index (χ0n) is 15.9. The second-order valence-corrected chi connectivity index (χ2v) is 6.10. The molecule has 0 aliphatic heterocycles. The molecule has 5 N–H and O–H groups in total. The van der Waals surface area contributed by atoms with Gasteiger partial charge in [-0.3, -0.25) is 14.8 Å². The van der Waals surface area contributed by atoms with Gasteiger partial charge in [0.25, 0.3) is 11.8 Å². The van der Waals surface area contributed by atoms with Gasteiger partial charge in [-0.1, -0.05) is 6.07 Å². The van der Waals surface area contributed by atoms with E-state index in [-0.39, 0.29) is 30.6 Å². The number of nitrogen functional groups attached to an aromatic ring is 1. The first-order chi connectivity index (χ1) is 14.5. The quantitative estimate of drug-likeness (QED) is 0.194. The molecule has 30 heavy (non-hydrogen) atoms. The Kier molecular flexibility index (Phi) is 6.80. The van der Waals surface area contributed by atoms with Crippen molar-refractivity contribution in [1.29, 1.82) is 0 Å². The zero-order chi connectivity index (χ0) is 21.3. The Morgan fingerprint density at radius 2 is 1.63 bits per heavy atom. The minimum Gasteiger partial charge on any atom is -0.492 e. The highest BCUT2D eigenvalue weighted by Gasteiger charge is 2.09. The van der Waals surface area contributed by atoms with E-state index in [1.54, 1.807) is 60.1 Å². The average Bonchev–Trinajstić information content (AvgIpc) is 2.78. The van der Waals surface area contributed by atoms with Crippen molar-refractivity contribution in [2.24, 2.45) is 0 Å². The first-order valence-electron chi connectivity index (χ1n) is 9.01. The molecule has 3 rings (SSSR count). The molecule has 154 valence electrons. The second kappa shape index (κ2) is 9.89. The van der Waals surface area contributed by atoms with Crippen LogP contribution in [0.5, 0.6) is 17.4 Å².